The molecule has 3 rings (SSSR count). The standard InChI is InChI=1S/C25H35N5O2/c1-19(2)27-25(32)24(31)26-18-23(20-10-12-21(13-11-20)28(3)4)30-16-14-29(15-17-30)22-8-6-5-7-9-22/h5-13,19,23H,14-18H2,1-4H3,(H,26,31)(H,27,32). The van der Waals surface area contributed by atoms with E-state index in [4.69, 9.17) is 0 Å². The molecular formula is C25H35N5O2. The van der Waals surface area contributed by atoms with Gasteiger partial charge in [0.2, 0.25) is 0 Å². The second-order valence-electron chi connectivity index (χ2n) is 8.70. The Morgan fingerprint density at radius 1 is 0.906 bits per heavy atom. The lowest BCUT2D eigenvalue weighted by atomic mass is 10.0. The van der Waals surface area contributed by atoms with Gasteiger partial charge in [0.1, 0.15) is 0 Å². The van der Waals surface area contributed by atoms with Crippen LogP contribution in [0.2, 0.25) is 0 Å². The largest absolute Gasteiger partial charge is 0.378 e. The predicted molar refractivity (Wildman–Crippen MR) is 130 cm³/mol. The molecule has 0 aliphatic carbocycles. The van der Waals surface area contributed by atoms with Crippen LogP contribution in [0.25, 0.3) is 0 Å². The van der Waals surface area contributed by atoms with Gasteiger partial charge in [0.25, 0.3) is 0 Å². The van der Waals surface area contributed by atoms with E-state index in [0.29, 0.717) is 6.54 Å². The first-order valence-electron chi connectivity index (χ1n) is 11.2. The molecule has 1 fully saturated rings. The number of benzene rings is 2. The number of anilines is 2. The van der Waals surface area contributed by atoms with Crippen LogP contribution in [0.15, 0.2) is 54.6 Å². The van der Waals surface area contributed by atoms with Gasteiger partial charge >= 0.3 is 11.8 Å². The maximum Gasteiger partial charge on any atom is 0.309 e. The van der Waals surface area contributed by atoms with Gasteiger partial charge in [-0.3, -0.25) is 14.5 Å². The summed E-state index contributed by atoms with van der Waals surface area (Å²) in [6.45, 7) is 7.65. The number of nitrogens with zero attached hydrogens (tertiary/aromatic N) is 3. The summed E-state index contributed by atoms with van der Waals surface area (Å²) in [6.07, 6.45) is 0. The van der Waals surface area contributed by atoms with Crippen LogP contribution in [0.1, 0.15) is 25.5 Å². The molecule has 1 unspecified atom stereocenters. The first kappa shape index (κ1) is 23.6. The molecule has 0 aromatic heterocycles. The van der Waals surface area contributed by atoms with Gasteiger partial charge in [-0.2, -0.15) is 0 Å². The second-order valence-corrected chi connectivity index (χ2v) is 8.70. The summed E-state index contributed by atoms with van der Waals surface area (Å²) >= 11 is 0. The summed E-state index contributed by atoms with van der Waals surface area (Å²) < 4.78 is 0. The van der Waals surface area contributed by atoms with E-state index in [1.165, 1.54) is 5.69 Å². The Labute approximate surface area is 191 Å². The van der Waals surface area contributed by atoms with Crippen molar-refractivity contribution in [2.45, 2.75) is 25.9 Å². The number of nitrogens with one attached hydrogen (secondary N) is 2. The minimum Gasteiger partial charge on any atom is -0.378 e. The number of amides is 2. The molecular weight excluding hydrogens is 402 g/mol. The number of para-hydroxylation sites is 1. The number of piperazine rings is 1. The molecule has 2 aromatic rings. The summed E-state index contributed by atoms with van der Waals surface area (Å²) in [4.78, 5) is 31.2. The van der Waals surface area contributed by atoms with Crippen molar-refractivity contribution in [3.8, 4) is 0 Å². The van der Waals surface area contributed by atoms with E-state index in [1.54, 1.807) is 0 Å². The Bertz CT molecular complexity index is 875. The zero-order valence-corrected chi connectivity index (χ0v) is 19.5. The smallest absolute Gasteiger partial charge is 0.309 e. The fraction of sp³-hybridized carbons (Fsp3) is 0.440. The second kappa shape index (κ2) is 11.0. The molecule has 7 nitrogen and oxygen atoms in total. The van der Waals surface area contributed by atoms with E-state index < -0.39 is 11.8 Å². The molecule has 32 heavy (non-hydrogen) atoms. The fourth-order valence-electron chi connectivity index (χ4n) is 3.98. The molecule has 7 heteroatoms. The van der Waals surface area contributed by atoms with Crippen LogP contribution in [0, 0.1) is 0 Å². The van der Waals surface area contributed by atoms with E-state index in [2.05, 4.69) is 73.9 Å². The molecule has 0 saturated carbocycles. The minimum atomic E-state index is -0.587. The lowest BCUT2D eigenvalue weighted by molar-refractivity contribution is -0.139. The van der Waals surface area contributed by atoms with Crippen LogP contribution in [0.5, 0.6) is 0 Å². The minimum absolute atomic E-state index is 0.0000596. The first-order valence-corrected chi connectivity index (χ1v) is 11.2. The molecule has 172 valence electrons. The van der Waals surface area contributed by atoms with Gasteiger partial charge in [0.15, 0.2) is 0 Å². The molecule has 1 saturated heterocycles. The molecule has 1 heterocycles. The van der Waals surface area contributed by atoms with Gasteiger partial charge in [-0.1, -0.05) is 30.3 Å². The van der Waals surface area contributed by atoms with Crippen LogP contribution < -0.4 is 20.4 Å². The summed E-state index contributed by atoms with van der Waals surface area (Å²) in [5, 5.41) is 5.50. The Morgan fingerprint density at radius 2 is 1.53 bits per heavy atom. The third-order valence-electron chi connectivity index (χ3n) is 5.75. The van der Waals surface area contributed by atoms with Crippen molar-refractivity contribution in [1.82, 2.24) is 15.5 Å². The van der Waals surface area contributed by atoms with Crippen molar-refractivity contribution in [3.05, 3.63) is 60.2 Å². The van der Waals surface area contributed by atoms with Gasteiger partial charge in [0, 0.05) is 64.2 Å². The maximum absolute atomic E-state index is 12.3. The Morgan fingerprint density at radius 3 is 2.09 bits per heavy atom. The van der Waals surface area contributed by atoms with Gasteiger partial charge < -0.3 is 20.4 Å². The molecule has 1 aliphatic rings. The fourth-order valence-corrected chi connectivity index (χ4v) is 3.98. The van der Waals surface area contributed by atoms with E-state index in [9.17, 15) is 9.59 Å². The van der Waals surface area contributed by atoms with Crippen molar-refractivity contribution in [3.63, 3.8) is 0 Å². The maximum atomic E-state index is 12.3. The van der Waals surface area contributed by atoms with Crippen LogP contribution in [0.4, 0.5) is 11.4 Å². The molecule has 1 atom stereocenters. The highest BCUT2D eigenvalue weighted by Crippen LogP contribution is 2.25. The molecule has 2 amide bonds. The van der Waals surface area contributed by atoms with Gasteiger partial charge in [-0.25, -0.2) is 0 Å². The quantitative estimate of drug-likeness (QED) is 0.651. The summed E-state index contributed by atoms with van der Waals surface area (Å²) in [6, 6.07) is 18.8. The van der Waals surface area contributed by atoms with Crippen LogP contribution in [0.3, 0.4) is 0 Å². The monoisotopic (exact) mass is 437 g/mol. The number of hydrogen-bond acceptors (Lipinski definition) is 5. The van der Waals surface area contributed by atoms with Crippen LogP contribution in [-0.2, 0) is 9.59 Å². The van der Waals surface area contributed by atoms with Crippen LogP contribution in [-0.4, -0.2) is 69.6 Å². The van der Waals surface area contributed by atoms with Crippen molar-refractivity contribution >= 4 is 23.2 Å². The lowest BCUT2D eigenvalue weighted by Gasteiger charge is -2.40. The van der Waals surface area contributed by atoms with Crippen molar-refractivity contribution < 1.29 is 9.59 Å². The zero-order valence-electron chi connectivity index (χ0n) is 19.5. The van der Waals surface area contributed by atoms with E-state index in [0.717, 1.165) is 37.4 Å². The predicted octanol–water partition coefficient (Wildman–Crippen LogP) is 2.26. The Balaban J connectivity index is 1.70. The molecule has 0 spiro atoms. The SMILES string of the molecule is CC(C)NC(=O)C(=O)NCC(c1ccc(N(C)C)cc1)N1CCN(c2ccccc2)CC1. The summed E-state index contributed by atoms with van der Waals surface area (Å²) in [5.74, 6) is -1.17. The third-order valence-corrected chi connectivity index (χ3v) is 5.75. The number of rotatable bonds is 7. The normalized spacial score (nSPS) is 15.3. The van der Waals surface area contributed by atoms with Crippen molar-refractivity contribution in [2.24, 2.45) is 0 Å². The summed E-state index contributed by atoms with van der Waals surface area (Å²) in [5.41, 5.74) is 3.49. The highest BCUT2D eigenvalue weighted by Gasteiger charge is 2.26. The molecule has 1 aliphatic heterocycles. The number of carbonyl (C=O) groups excluding carboxylic acids is 2. The van der Waals surface area contributed by atoms with Crippen LogP contribution >= 0.6 is 0 Å². The number of carbonyl (C=O) groups is 2. The summed E-state index contributed by atoms with van der Waals surface area (Å²) in [7, 11) is 4.03. The zero-order chi connectivity index (χ0) is 23.1. The highest BCUT2D eigenvalue weighted by atomic mass is 16.2. The van der Waals surface area contributed by atoms with Crippen molar-refractivity contribution in [2.75, 3.05) is 56.6 Å². The van der Waals surface area contributed by atoms with E-state index in [-0.39, 0.29) is 12.1 Å². The molecule has 0 radical (unpaired) electrons. The van der Waals surface area contributed by atoms with Gasteiger partial charge in [-0.05, 0) is 43.7 Å². The van der Waals surface area contributed by atoms with Gasteiger partial charge in [-0.15, -0.1) is 0 Å². The van der Waals surface area contributed by atoms with E-state index >= 15 is 0 Å². The first-order chi connectivity index (χ1) is 15.3. The average Bonchev–Trinajstić information content (AvgIpc) is 2.80. The van der Waals surface area contributed by atoms with Crippen molar-refractivity contribution in [1.29, 1.82) is 0 Å². The Hall–Kier alpha value is -3.06. The molecule has 2 aromatic carbocycles. The van der Waals surface area contributed by atoms with E-state index in [1.807, 2.05) is 34.0 Å². The third kappa shape index (κ3) is 6.23. The average molecular weight is 438 g/mol. The molecule has 2 N–H and O–H groups in total. The number of hydrogen-bond donors (Lipinski definition) is 2. The lowest BCUT2D eigenvalue weighted by Crippen LogP contribution is -2.51. The Kier molecular flexibility index (Phi) is 8.11. The molecule has 0 bridgehead atoms. The topological polar surface area (TPSA) is 67.9 Å². The highest BCUT2D eigenvalue weighted by molar-refractivity contribution is 6.35. The van der Waals surface area contributed by atoms with Gasteiger partial charge in [0.05, 0.1) is 6.04 Å².